The Balaban J connectivity index is 1.97. The molecule has 0 radical (unpaired) electrons. The molecule has 2 N–H and O–H groups in total. The van der Waals surface area contributed by atoms with Gasteiger partial charge in [0.1, 0.15) is 11.9 Å². The minimum Gasteiger partial charge on any atom is -0.353 e. The van der Waals surface area contributed by atoms with Crippen molar-refractivity contribution in [1.29, 1.82) is 5.26 Å². The lowest BCUT2D eigenvalue weighted by Gasteiger charge is -2.27. The molecule has 0 unspecified atom stereocenters. The van der Waals surface area contributed by atoms with E-state index >= 15 is 0 Å². The van der Waals surface area contributed by atoms with E-state index in [2.05, 4.69) is 16.4 Å². The van der Waals surface area contributed by atoms with Gasteiger partial charge in [-0.1, -0.05) is 30.3 Å². The van der Waals surface area contributed by atoms with Crippen LogP contribution in [0.25, 0.3) is 11.3 Å². The number of hydrogen-bond donors (Lipinski definition) is 2. The van der Waals surface area contributed by atoms with Crippen molar-refractivity contribution in [2.45, 2.75) is 0 Å². The van der Waals surface area contributed by atoms with Crippen LogP contribution >= 0.6 is 0 Å². The first-order chi connectivity index (χ1) is 9.78. The number of nitrogens with one attached hydrogen (secondary N) is 2. The lowest BCUT2D eigenvalue weighted by Crippen LogP contribution is -2.48. The smallest absolute Gasteiger partial charge is 0.239 e. The van der Waals surface area contributed by atoms with E-state index in [-0.39, 0.29) is 12.5 Å². The fourth-order valence-electron chi connectivity index (χ4n) is 2.38. The molecule has 1 aromatic heterocycles. The Hall–Kier alpha value is -2.74. The molecule has 20 heavy (non-hydrogen) atoms. The molecule has 3 rings (SSSR count). The average Bonchev–Trinajstić information content (AvgIpc) is 2.92. The zero-order valence-corrected chi connectivity index (χ0v) is 10.9. The van der Waals surface area contributed by atoms with E-state index in [9.17, 15) is 10.1 Å². The van der Waals surface area contributed by atoms with E-state index in [0.717, 1.165) is 17.1 Å². The highest BCUT2D eigenvalue weighted by Gasteiger charge is 2.21. The molecule has 2 heterocycles. The Labute approximate surface area is 116 Å². The molecule has 0 atom stereocenters. The van der Waals surface area contributed by atoms with E-state index in [1.807, 2.05) is 41.3 Å². The zero-order chi connectivity index (χ0) is 13.9. The van der Waals surface area contributed by atoms with Gasteiger partial charge < -0.3 is 15.2 Å². The third kappa shape index (κ3) is 2.24. The lowest BCUT2D eigenvalue weighted by molar-refractivity contribution is -0.120. The quantitative estimate of drug-likeness (QED) is 0.865. The second-order valence-electron chi connectivity index (χ2n) is 4.69. The van der Waals surface area contributed by atoms with Crippen LogP contribution in [-0.2, 0) is 4.79 Å². The number of H-pyrrole nitrogens is 1. The Morgan fingerprint density at radius 3 is 2.75 bits per heavy atom. The van der Waals surface area contributed by atoms with Gasteiger partial charge in [0.2, 0.25) is 5.91 Å². The minimum atomic E-state index is -0.0176. The van der Waals surface area contributed by atoms with Crippen LogP contribution in [0.2, 0.25) is 0 Å². The first-order valence-electron chi connectivity index (χ1n) is 6.48. The summed E-state index contributed by atoms with van der Waals surface area (Å²) in [5.41, 5.74) is 2.48. The largest absolute Gasteiger partial charge is 0.353 e. The molecule has 1 amide bonds. The predicted molar refractivity (Wildman–Crippen MR) is 76.2 cm³/mol. The van der Waals surface area contributed by atoms with Crippen LogP contribution in [0.5, 0.6) is 0 Å². The number of carbonyl (C=O) groups excluding carboxylic acids is 1. The third-order valence-corrected chi connectivity index (χ3v) is 3.36. The third-order valence-electron chi connectivity index (χ3n) is 3.36. The predicted octanol–water partition coefficient (Wildman–Crippen LogP) is 1.49. The van der Waals surface area contributed by atoms with Gasteiger partial charge in [-0.05, 0) is 11.6 Å². The van der Waals surface area contributed by atoms with Crippen LogP contribution in [0.1, 0.15) is 5.56 Å². The van der Waals surface area contributed by atoms with Crippen LogP contribution < -0.4 is 10.2 Å². The van der Waals surface area contributed by atoms with Gasteiger partial charge in [0.25, 0.3) is 0 Å². The summed E-state index contributed by atoms with van der Waals surface area (Å²) < 4.78 is 0. The normalized spacial score (nSPS) is 14.8. The van der Waals surface area contributed by atoms with E-state index in [1.54, 1.807) is 0 Å². The number of piperazine rings is 1. The standard InChI is InChI=1S/C15H14N4O/c16-9-12-8-13(11-4-2-1-3-5-11)18-15(12)19-7-6-17-14(20)10-19/h1-5,8,18H,6-7,10H2,(H,17,20). The molecule has 1 saturated heterocycles. The molecule has 5 nitrogen and oxygen atoms in total. The Morgan fingerprint density at radius 2 is 2.05 bits per heavy atom. The van der Waals surface area contributed by atoms with E-state index in [1.165, 1.54) is 0 Å². The van der Waals surface area contributed by atoms with Gasteiger partial charge in [0.05, 0.1) is 12.1 Å². The van der Waals surface area contributed by atoms with Gasteiger partial charge in [0, 0.05) is 18.8 Å². The number of hydrogen-bond acceptors (Lipinski definition) is 3. The zero-order valence-electron chi connectivity index (χ0n) is 10.9. The summed E-state index contributed by atoms with van der Waals surface area (Å²) in [6.45, 7) is 1.59. The van der Waals surface area contributed by atoms with Crippen LogP contribution in [0.4, 0.5) is 5.82 Å². The highest BCUT2D eigenvalue weighted by atomic mass is 16.2. The maximum absolute atomic E-state index is 11.5. The second-order valence-corrected chi connectivity index (χ2v) is 4.69. The summed E-state index contributed by atoms with van der Waals surface area (Å²) in [5, 5.41) is 12.1. The van der Waals surface area contributed by atoms with Gasteiger partial charge in [-0.15, -0.1) is 0 Å². The Bertz CT molecular complexity index is 669. The topological polar surface area (TPSA) is 71.9 Å². The van der Waals surface area contributed by atoms with Gasteiger partial charge in [-0.25, -0.2) is 0 Å². The van der Waals surface area contributed by atoms with Crippen LogP contribution in [0.15, 0.2) is 36.4 Å². The minimum absolute atomic E-state index is 0.0176. The van der Waals surface area contributed by atoms with Gasteiger partial charge in [-0.3, -0.25) is 4.79 Å². The molecule has 1 aliphatic heterocycles. The lowest BCUT2D eigenvalue weighted by atomic mass is 10.1. The van der Waals surface area contributed by atoms with Crippen molar-refractivity contribution in [3.63, 3.8) is 0 Å². The summed E-state index contributed by atoms with van der Waals surface area (Å²) in [6, 6.07) is 13.9. The molecule has 0 saturated carbocycles. The fraction of sp³-hybridized carbons (Fsp3) is 0.200. The first-order valence-corrected chi connectivity index (χ1v) is 6.48. The van der Waals surface area contributed by atoms with Gasteiger partial charge in [0.15, 0.2) is 0 Å². The monoisotopic (exact) mass is 266 g/mol. The molecular weight excluding hydrogens is 252 g/mol. The van der Waals surface area contributed by atoms with Gasteiger partial charge >= 0.3 is 0 Å². The number of aromatic nitrogens is 1. The van der Waals surface area contributed by atoms with Crippen molar-refractivity contribution >= 4 is 11.7 Å². The molecular formula is C15H14N4O. The summed E-state index contributed by atoms with van der Waals surface area (Å²) >= 11 is 0. The van der Waals surface area contributed by atoms with Crippen molar-refractivity contribution in [3.8, 4) is 17.3 Å². The Kier molecular flexibility index (Phi) is 3.13. The number of carbonyl (C=O) groups is 1. The fourth-order valence-corrected chi connectivity index (χ4v) is 2.38. The second kappa shape index (κ2) is 5.10. The number of anilines is 1. The number of nitriles is 1. The molecule has 5 heteroatoms. The van der Waals surface area contributed by atoms with Crippen molar-refractivity contribution < 1.29 is 4.79 Å². The van der Waals surface area contributed by atoms with Crippen molar-refractivity contribution in [3.05, 3.63) is 42.0 Å². The molecule has 2 aromatic rings. The molecule has 1 aliphatic rings. The molecule has 0 bridgehead atoms. The van der Waals surface area contributed by atoms with Crippen LogP contribution in [-0.4, -0.2) is 30.5 Å². The van der Waals surface area contributed by atoms with Crippen molar-refractivity contribution in [2.75, 3.05) is 24.5 Å². The highest BCUT2D eigenvalue weighted by Crippen LogP contribution is 2.27. The summed E-state index contributed by atoms with van der Waals surface area (Å²) in [4.78, 5) is 16.6. The molecule has 0 spiro atoms. The van der Waals surface area contributed by atoms with E-state index in [0.29, 0.717) is 18.7 Å². The van der Waals surface area contributed by atoms with Crippen LogP contribution in [0.3, 0.4) is 0 Å². The van der Waals surface area contributed by atoms with Crippen LogP contribution in [0, 0.1) is 11.3 Å². The molecule has 100 valence electrons. The number of benzene rings is 1. The van der Waals surface area contributed by atoms with E-state index < -0.39 is 0 Å². The SMILES string of the molecule is N#Cc1cc(-c2ccccc2)[nH]c1N1CCNC(=O)C1. The maximum atomic E-state index is 11.5. The summed E-state index contributed by atoms with van der Waals surface area (Å²) in [6.07, 6.45) is 0. The van der Waals surface area contributed by atoms with E-state index in [4.69, 9.17) is 0 Å². The van der Waals surface area contributed by atoms with Crippen molar-refractivity contribution in [1.82, 2.24) is 10.3 Å². The number of nitrogens with zero attached hydrogens (tertiary/aromatic N) is 2. The summed E-state index contributed by atoms with van der Waals surface area (Å²) in [5.74, 6) is 0.706. The highest BCUT2D eigenvalue weighted by molar-refractivity contribution is 5.83. The number of amides is 1. The molecule has 0 aliphatic carbocycles. The average molecular weight is 266 g/mol. The first kappa shape index (κ1) is 12.3. The number of rotatable bonds is 2. The Morgan fingerprint density at radius 1 is 1.25 bits per heavy atom. The number of aromatic amines is 1. The summed E-state index contributed by atoms with van der Waals surface area (Å²) in [7, 11) is 0. The molecule has 1 aromatic carbocycles. The maximum Gasteiger partial charge on any atom is 0.239 e. The molecule has 1 fully saturated rings. The van der Waals surface area contributed by atoms with Crippen molar-refractivity contribution in [2.24, 2.45) is 0 Å². The van der Waals surface area contributed by atoms with Gasteiger partial charge in [-0.2, -0.15) is 5.26 Å².